The van der Waals surface area contributed by atoms with Gasteiger partial charge in [0, 0.05) is 30.0 Å². The lowest BCUT2D eigenvalue weighted by Gasteiger charge is -2.44. The third-order valence-corrected chi connectivity index (χ3v) is 5.79. The largest absolute Gasteiger partial charge is 0.335 e. The molecule has 1 aliphatic heterocycles. The van der Waals surface area contributed by atoms with Gasteiger partial charge in [0.1, 0.15) is 5.69 Å². The van der Waals surface area contributed by atoms with Crippen molar-refractivity contribution >= 4 is 17.5 Å². The summed E-state index contributed by atoms with van der Waals surface area (Å²) >= 11 is 0. The summed E-state index contributed by atoms with van der Waals surface area (Å²) in [4.78, 5) is 31.4. The number of carbonyl (C=O) groups is 2. The first-order valence-electron chi connectivity index (χ1n) is 9.86. The van der Waals surface area contributed by atoms with E-state index in [4.69, 9.17) is 0 Å². The van der Waals surface area contributed by atoms with Crippen LogP contribution in [0, 0.1) is 5.92 Å². The fraction of sp³-hybridized carbons (Fsp3) is 0.409. The Morgan fingerprint density at radius 2 is 1.74 bits per heavy atom. The van der Waals surface area contributed by atoms with Gasteiger partial charge in [-0.2, -0.15) is 0 Å². The maximum absolute atomic E-state index is 13.0. The van der Waals surface area contributed by atoms with Crippen LogP contribution in [0.15, 0.2) is 48.7 Å². The van der Waals surface area contributed by atoms with E-state index in [-0.39, 0.29) is 11.8 Å². The SMILES string of the molecule is O=C(Nc1ccc(C(=O)N2CCCC3CCCCC32)cc1)c1ccccn1. The molecule has 2 unspecified atom stereocenters. The Morgan fingerprint density at radius 1 is 0.963 bits per heavy atom. The van der Waals surface area contributed by atoms with E-state index in [2.05, 4.69) is 15.2 Å². The van der Waals surface area contributed by atoms with Crippen LogP contribution in [0.3, 0.4) is 0 Å². The van der Waals surface area contributed by atoms with Crippen LogP contribution in [0.1, 0.15) is 59.4 Å². The number of hydrogen-bond acceptors (Lipinski definition) is 3. The molecule has 5 nitrogen and oxygen atoms in total. The number of hydrogen-bond donors (Lipinski definition) is 1. The number of fused-ring (bicyclic) bond motifs is 1. The molecule has 1 aliphatic carbocycles. The third-order valence-electron chi connectivity index (χ3n) is 5.79. The summed E-state index contributed by atoms with van der Waals surface area (Å²) < 4.78 is 0. The minimum absolute atomic E-state index is 0.120. The van der Waals surface area contributed by atoms with Crippen molar-refractivity contribution in [1.29, 1.82) is 0 Å². The van der Waals surface area contributed by atoms with Crippen molar-refractivity contribution in [2.24, 2.45) is 5.92 Å². The Morgan fingerprint density at radius 3 is 2.52 bits per heavy atom. The molecule has 0 bridgehead atoms. The summed E-state index contributed by atoms with van der Waals surface area (Å²) in [7, 11) is 0. The van der Waals surface area contributed by atoms with Gasteiger partial charge in [-0.3, -0.25) is 14.6 Å². The van der Waals surface area contributed by atoms with Crippen molar-refractivity contribution in [3.8, 4) is 0 Å². The topological polar surface area (TPSA) is 62.3 Å². The van der Waals surface area contributed by atoms with Gasteiger partial charge >= 0.3 is 0 Å². The van der Waals surface area contributed by atoms with Crippen LogP contribution in [0.2, 0.25) is 0 Å². The Labute approximate surface area is 159 Å². The molecule has 5 heteroatoms. The molecule has 2 amide bonds. The number of amides is 2. The summed E-state index contributed by atoms with van der Waals surface area (Å²) in [6, 6.07) is 12.8. The van der Waals surface area contributed by atoms with E-state index in [1.165, 1.54) is 25.7 Å². The van der Waals surface area contributed by atoms with Gasteiger partial charge < -0.3 is 10.2 Å². The molecule has 2 atom stereocenters. The molecule has 1 aromatic carbocycles. The first-order valence-corrected chi connectivity index (χ1v) is 9.86. The second kappa shape index (κ2) is 7.91. The van der Waals surface area contributed by atoms with Crippen molar-refractivity contribution in [2.75, 3.05) is 11.9 Å². The number of rotatable bonds is 3. The lowest BCUT2D eigenvalue weighted by atomic mass is 9.78. The first-order chi connectivity index (χ1) is 13.2. The summed E-state index contributed by atoms with van der Waals surface area (Å²) in [5.74, 6) is 0.540. The van der Waals surface area contributed by atoms with E-state index >= 15 is 0 Å². The number of piperidine rings is 1. The van der Waals surface area contributed by atoms with Crippen molar-refractivity contribution < 1.29 is 9.59 Å². The molecular weight excluding hydrogens is 338 g/mol. The number of aromatic nitrogens is 1. The first kappa shape index (κ1) is 17.7. The highest BCUT2D eigenvalue weighted by Gasteiger charge is 2.35. The van der Waals surface area contributed by atoms with Gasteiger partial charge in [0.15, 0.2) is 0 Å². The standard InChI is InChI=1S/C22H25N3O2/c26-21(19-8-3-4-14-23-19)24-18-12-10-17(11-13-18)22(27)25-15-5-7-16-6-1-2-9-20(16)25/h3-4,8,10-14,16,20H,1-2,5-7,9,15H2,(H,24,26). The van der Waals surface area contributed by atoms with Gasteiger partial charge in [0.25, 0.3) is 11.8 Å². The minimum atomic E-state index is -0.254. The van der Waals surface area contributed by atoms with Gasteiger partial charge in [-0.05, 0) is 68.0 Å². The van der Waals surface area contributed by atoms with Crippen LogP contribution in [-0.2, 0) is 0 Å². The predicted octanol–water partition coefficient (Wildman–Crippen LogP) is 4.13. The second-order valence-corrected chi connectivity index (χ2v) is 7.50. The molecule has 1 saturated carbocycles. The van der Waals surface area contributed by atoms with Crippen LogP contribution >= 0.6 is 0 Å². The Balaban J connectivity index is 1.44. The van der Waals surface area contributed by atoms with E-state index in [0.29, 0.717) is 28.9 Å². The Kier molecular flexibility index (Phi) is 5.19. The molecular formula is C22H25N3O2. The molecule has 2 fully saturated rings. The molecule has 2 aliphatic rings. The number of anilines is 1. The van der Waals surface area contributed by atoms with E-state index < -0.39 is 0 Å². The third kappa shape index (κ3) is 3.87. The van der Waals surface area contributed by atoms with Crippen molar-refractivity contribution in [3.05, 3.63) is 59.9 Å². The van der Waals surface area contributed by atoms with E-state index in [0.717, 1.165) is 19.4 Å². The maximum Gasteiger partial charge on any atom is 0.274 e. The highest BCUT2D eigenvalue weighted by Crippen LogP contribution is 2.36. The van der Waals surface area contributed by atoms with E-state index in [1.54, 1.807) is 36.5 Å². The zero-order chi connectivity index (χ0) is 18.6. The smallest absolute Gasteiger partial charge is 0.274 e. The predicted molar refractivity (Wildman–Crippen MR) is 105 cm³/mol. The van der Waals surface area contributed by atoms with Crippen LogP contribution in [0.25, 0.3) is 0 Å². The highest BCUT2D eigenvalue weighted by atomic mass is 16.2. The lowest BCUT2D eigenvalue weighted by Crippen LogP contribution is -2.49. The molecule has 1 N–H and O–H groups in total. The van der Waals surface area contributed by atoms with Gasteiger partial charge in [-0.1, -0.05) is 18.9 Å². The molecule has 1 saturated heterocycles. The van der Waals surface area contributed by atoms with Crippen molar-refractivity contribution in [3.63, 3.8) is 0 Å². The number of likely N-dealkylation sites (tertiary alicyclic amines) is 1. The van der Waals surface area contributed by atoms with E-state index in [9.17, 15) is 9.59 Å². The molecule has 0 radical (unpaired) electrons. The maximum atomic E-state index is 13.0. The number of nitrogens with one attached hydrogen (secondary N) is 1. The number of pyridine rings is 1. The van der Waals surface area contributed by atoms with Crippen molar-refractivity contribution in [1.82, 2.24) is 9.88 Å². The molecule has 140 valence electrons. The fourth-order valence-electron chi connectivity index (χ4n) is 4.43. The van der Waals surface area contributed by atoms with E-state index in [1.807, 2.05) is 12.1 Å². The molecule has 27 heavy (non-hydrogen) atoms. The zero-order valence-corrected chi connectivity index (χ0v) is 15.4. The zero-order valence-electron chi connectivity index (χ0n) is 15.4. The normalized spacial score (nSPS) is 22.0. The lowest BCUT2D eigenvalue weighted by molar-refractivity contribution is 0.0390. The highest BCUT2D eigenvalue weighted by molar-refractivity contribution is 6.03. The fourth-order valence-corrected chi connectivity index (χ4v) is 4.43. The summed E-state index contributed by atoms with van der Waals surface area (Å²) in [5, 5.41) is 2.82. The van der Waals surface area contributed by atoms with Crippen molar-refractivity contribution in [2.45, 2.75) is 44.6 Å². The number of nitrogens with zero attached hydrogens (tertiary/aromatic N) is 2. The van der Waals surface area contributed by atoms with Crippen LogP contribution in [0.4, 0.5) is 5.69 Å². The Bertz CT molecular complexity index is 802. The minimum Gasteiger partial charge on any atom is -0.335 e. The van der Waals surface area contributed by atoms with Gasteiger partial charge in [-0.25, -0.2) is 0 Å². The Hall–Kier alpha value is -2.69. The molecule has 2 heterocycles. The van der Waals surface area contributed by atoms with Crippen LogP contribution in [-0.4, -0.2) is 34.3 Å². The van der Waals surface area contributed by atoms with Gasteiger partial charge in [0.2, 0.25) is 0 Å². The monoisotopic (exact) mass is 363 g/mol. The van der Waals surface area contributed by atoms with Crippen LogP contribution < -0.4 is 5.32 Å². The van der Waals surface area contributed by atoms with Gasteiger partial charge in [-0.15, -0.1) is 0 Å². The summed E-state index contributed by atoms with van der Waals surface area (Å²) in [5.41, 5.74) is 1.72. The molecule has 2 aromatic rings. The van der Waals surface area contributed by atoms with Crippen LogP contribution in [0.5, 0.6) is 0 Å². The second-order valence-electron chi connectivity index (χ2n) is 7.50. The number of carbonyl (C=O) groups excluding carboxylic acids is 2. The summed E-state index contributed by atoms with van der Waals surface area (Å²) in [6.07, 6.45) is 8.87. The summed E-state index contributed by atoms with van der Waals surface area (Å²) in [6.45, 7) is 0.859. The molecule has 0 spiro atoms. The molecule has 4 rings (SSSR count). The number of benzene rings is 1. The quantitative estimate of drug-likeness (QED) is 0.892. The average Bonchev–Trinajstić information content (AvgIpc) is 2.74. The molecule has 1 aromatic heterocycles. The van der Waals surface area contributed by atoms with Gasteiger partial charge in [0.05, 0.1) is 0 Å². The average molecular weight is 363 g/mol.